The average molecular weight is 317 g/mol. The normalized spacial score (nSPS) is 11.5. The first-order chi connectivity index (χ1) is 10.9. The highest BCUT2D eigenvalue weighted by molar-refractivity contribution is 5.90. The van der Waals surface area contributed by atoms with Gasteiger partial charge in [-0.3, -0.25) is 0 Å². The van der Waals surface area contributed by atoms with Gasteiger partial charge < -0.3 is 9.84 Å². The number of rotatable bonds is 5. The predicted molar refractivity (Wildman–Crippen MR) is 86.6 cm³/mol. The van der Waals surface area contributed by atoms with Crippen LogP contribution in [-0.2, 0) is 16.8 Å². The van der Waals surface area contributed by atoms with E-state index in [-0.39, 0.29) is 18.0 Å². The summed E-state index contributed by atoms with van der Waals surface area (Å²) in [6.07, 6.45) is 0.780. The largest absolute Gasteiger partial charge is 0.462 e. The lowest BCUT2D eigenvalue weighted by Gasteiger charge is -2.21. The number of hydrogen-bond donors (Lipinski definition) is 1. The van der Waals surface area contributed by atoms with E-state index in [1.807, 2.05) is 33.8 Å². The monoisotopic (exact) mass is 317 g/mol. The van der Waals surface area contributed by atoms with E-state index in [4.69, 9.17) is 4.74 Å². The van der Waals surface area contributed by atoms with Gasteiger partial charge in [-0.25, -0.2) is 9.48 Å². The van der Waals surface area contributed by atoms with Gasteiger partial charge in [0.25, 0.3) is 0 Å². The van der Waals surface area contributed by atoms with Gasteiger partial charge in [0.05, 0.1) is 30.2 Å². The molecule has 1 aromatic heterocycles. The van der Waals surface area contributed by atoms with Crippen LogP contribution in [0.3, 0.4) is 0 Å². The molecule has 6 nitrogen and oxygen atoms in total. The maximum atomic E-state index is 12.0. The zero-order valence-corrected chi connectivity index (χ0v) is 14.0. The molecule has 0 aliphatic heterocycles. The van der Waals surface area contributed by atoms with Crippen molar-refractivity contribution in [1.82, 2.24) is 15.0 Å². The molecule has 0 fully saturated rings. The number of aromatic nitrogens is 3. The second kappa shape index (κ2) is 6.91. The first-order valence-electron chi connectivity index (χ1n) is 7.72. The van der Waals surface area contributed by atoms with Crippen LogP contribution in [0.5, 0.6) is 0 Å². The highest BCUT2D eigenvalue weighted by atomic mass is 16.5. The number of hydrogen-bond acceptors (Lipinski definition) is 5. The van der Waals surface area contributed by atoms with Gasteiger partial charge in [-0.2, -0.15) is 0 Å². The molecule has 0 amide bonds. The molecule has 0 aliphatic carbocycles. The van der Waals surface area contributed by atoms with Crippen LogP contribution in [0.2, 0.25) is 0 Å². The van der Waals surface area contributed by atoms with E-state index in [9.17, 15) is 9.90 Å². The molecule has 0 radical (unpaired) electrons. The van der Waals surface area contributed by atoms with Crippen molar-refractivity contribution < 1.29 is 14.6 Å². The van der Waals surface area contributed by atoms with Crippen molar-refractivity contribution in [3.8, 4) is 5.69 Å². The fraction of sp³-hybridized carbons (Fsp3) is 0.471. The van der Waals surface area contributed by atoms with Crippen molar-refractivity contribution in [2.45, 2.75) is 46.1 Å². The quantitative estimate of drug-likeness (QED) is 0.858. The standard InChI is InChI=1S/C17H23N3O3/c1-5-9-23-16(22)12-7-6-8-13(10-12)20-15(17(2,3)4)14(11-21)18-19-20/h6-8,10,21H,5,9,11H2,1-4H3. The Bertz CT molecular complexity index is 687. The van der Waals surface area contributed by atoms with Gasteiger partial charge in [0.1, 0.15) is 5.69 Å². The van der Waals surface area contributed by atoms with Gasteiger partial charge in [-0.05, 0) is 24.6 Å². The molecule has 0 atom stereocenters. The molecule has 0 aliphatic rings. The first-order valence-corrected chi connectivity index (χ1v) is 7.72. The molecule has 23 heavy (non-hydrogen) atoms. The van der Waals surface area contributed by atoms with E-state index in [0.717, 1.165) is 12.1 Å². The van der Waals surface area contributed by atoms with Crippen LogP contribution in [0.25, 0.3) is 5.69 Å². The Balaban J connectivity index is 2.44. The van der Waals surface area contributed by atoms with Crippen LogP contribution in [0.15, 0.2) is 24.3 Å². The Labute approximate surface area is 136 Å². The average Bonchev–Trinajstić information content (AvgIpc) is 2.97. The van der Waals surface area contributed by atoms with Crippen LogP contribution in [0.1, 0.15) is 55.9 Å². The number of ether oxygens (including phenoxy) is 1. The van der Waals surface area contributed by atoms with E-state index in [0.29, 0.717) is 23.6 Å². The summed E-state index contributed by atoms with van der Waals surface area (Å²) >= 11 is 0. The molecule has 124 valence electrons. The minimum atomic E-state index is -0.353. The lowest BCUT2D eigenvalue weighted by atomic mass is 9.90. The van der Waals surface area contributed by atoms with Crippen LogP contribution >= 0.6 is 0 Å². The van der Waals surface area contributed by atoms with E-state index in [2.05, 4.69) is 10.3 Å². The smallest absolute Gasteiger partial charge is 0.338 e. The minimum Gasteiger partial charge on any atom is -0.462 e. The molecule has 0 saturated heterocycles. The highest BCUT2D eigenvalue weighted by Gasteiger charge is 2.26. The number of aliphatic hydroxyl groups is 1. The Morgan fingerprint density at radius 1 is 1.35 bits per heavy atom. The molecule has 6 heteroatoms. The summed E-state index contributed by atoms with van der Waals surface area (Å²) in [5.74, 6) is -0.353. The number of carbonyl (C=O) groups is 1. The summed E-state index contributed by atoms with van der Waals surface area (Å²) in [6.45, 7) is 8.26. The lowest BCUT2D eigenvalue weighted by molar-refractivity contribution is 0.0505. The van der Waals surface area contributed by atoms with Crippen LogP contribution < -0.4 is 0 Å². The maximum absolute atomic E-state index is 12.0. The van der Waals surface area contributed by atoms with Crippen LogP contribution in [-0.4, -0.2) is 32.7 Å². The van der Waals surface area contributed by atoms with Crippen LogP contribution in [0.4, 0.5) is 0 Å². The molecule has 0 saturated carbocycles. The Hall–Kier alpha value is -2.21. The fourth-order valence-electron chi connectivity index (χ4n) is 2.39. The van der Waals surface area contributed by atoms with Crippen molar-refractivity contribution in [3.63, 3.8) is 0 Å². The molecule has 2 aromatic rings. The summed E-state index contributed by atoms with van der Waals surface area (Å²) in [6, 6.07) is 7.07. The number of esters is 1. The van der Waals surface area contributed by atoms with Gasteiger partial charge in [-0.1, -0.05) is 39.0 Å². The fourth-order valence-corrected chi connectivity index (χ4v) is 2.39. The molecular weight excluding hydrogens is 294 g/mol. The third-order valence-corrected chi connectivity index (χ3v) is 3.36. The molecule has 0 spiro atoms. The zero-order valence-electron chi connectivity index (χ0n) is 14.0. The molecule has 2 rings (SSSR count). The van der Waals surface area contributed by atoms with E-state index < -0.39 is 0 Å². The van der Waals surface area contributed by atoms with Crippen molar-refractivity contribution in [1.29, 1.82) is 0 Å². The lowest BCUT2D eigenvalue weighted by Crippen LogP contribution is -2.20. The van der Waals surface area contributed by atoms with Crippen molar-refractivity contribution >= 4 is 5.97 Å². The highest BCUT2D eigenvalue weighted by Crippen LogP contribution is 2.27. The number of benzene rings is 1. The third kappa shape index (κ3) is 3.76. The summed E-state index contributed by atoms with van der Waals surface area (Å²) in [5, 5.41) is 17.7. The second-order valence-electron chi connectivity index (χ2n) is 6.39. The maximum Gasteiger partial charge on any atom is 0.338 e. The third-order valence-electron chi connectivity index (χ3n) is 3.36. The molecular formula is C17H23N3O3. The van der Waals surface area contributed by atoms with Crippen LogP contribution in [0, 0.1) is 0 Å². The van der Waals surface area contributed by atoms with Crippen molar-refractivity contribution in [2.75, 3.05) is 6.61 Å². The Kier molecular flexibility index (Phi) is 5.15. The van der Waals surface area contributed by atoms with Gasteiger partial charge >= 0.3 is 5.97 Å². The predicted octanol–water partition coefficient (Wildman–Crippen LogP) is 2.62. The number of nitrogens with zero attached hydrogens (tertiary/aromatic N) is 3. The summed E-state index contributed by atoms with van der Waals surface area (Å²) in [7, 11) is 0. The first kappa shape index (κ1) is 17.1. The molecule has 0 unspecified atom stereocenters. The van der Waals surface area contributed by atoms with Gasteiger partial charge in [0.2, 0.25) is 0 Å². The SMILES string of the molecule is CCCOC(=O)c1cccc(-n2nnc(CO)c2C(C)(C)C)c1. The zero-order chi connectivity index (χ0) is 17.0. The van der Waals surface area contributed by atoms with E-state index in [1.54, 1.807) is 22.9 Å². The molecule has 1 N–H and O–H groups in total. The van der Waals surface area contributed by atoms with Gasteiger partial charge in [0, 0.05) is 5.41 Å². The molecule has 0 bridgehead atoms. The second-order valence-corrected chi connectivity index (χ2v) is 6.39. The summed E-state index contributed by atoms with van der Waals surface area (Å²) in [5.41, 5.74) is 2.29. The number of carbonyl (C=O) groups excluding carboxylic acids is 1. The molecule has 1 heterocycles. The molecule has 1 aromatic carbocycles. The minimum absolute atomic E-state index is 0.176. The van der Waals surface area contributed by atoms with Gasteiger partial charge in [-0.15, -0.1) is 5.10 Å². The summed E-state index contributed by atoms with van der Waals surface area (Å²) in [4.78, 5) is 12.0. The Morgan fingerprint density at radius 3 is 2.70 bits per heavy atom. The van der Waals surface area contributed by atoms with E-state index >= 15 is 0 Å². The number of aliphatic hydroxyl groups excluding tert-OH is 1. The van der Waals surface area contributed by atoms with E-state index in [1.165, 1.54) is 0 Å². The topological polar surface area (TPSA) is 77.2 Å². The van der Waals surface area contributed by atoms with Gasteiger partial charge in [0.15, 0.2) is 0 Å². The van der Waals surface area contributed by atoms with Crippen molar-refractivity contribution in [2.24, 2.45) is 0 Å². The van der Waals surface area contributed by atoms with Crippen molar-refractivity contribution in [3.05, 3.63) is 41.2 Å². The Morgan fingerprint density at radius 2 is 2.09 bits per heavy atom. The summed E-state index contributed by atoms with van der Waals surface area (Å²) < 4.78 is 6.84.